The molecule has 5 N–H and O–H groups in total. The summed E-state index contributed by atoms with van der Waals surface area (Å²) in [7, 11) is 0.610. The van der Waals surface area contributed by atoms with E-state index in [1.807, 2.05) is 23.8 Å². The van der Waals surface area contributed by atoms with Crippen molar-refractivity contribution in [3.8, 4) is 0 Å². The van der Waals surface area contributed by atoms with Crippen molar-refractivity contribution in [1.82, 2.24) is 5.32 Å². The van der Waals surface area contributed by atoms with Crippen LogP contribution in [0.5, 0.6) is 0 Å². The summed E-state index contributed by atoms with van der Waals surface area (Å²) in [5.41, 5.74) is 6.25. The van der Waals surface area contributed by atoms with Gasteiger partial charge in [0, 0.05) is 31.7 Å². The number of hydrogen-bond acceptors (Lipinski definition) is 8. The van der Waals surface area contributed by atoms with Crippen LogP contribution in [0.15, 0.2) is 9.59 Å². The number of anilines is 2. The van der Waals surface area contributed by atoms with Crippen LogP contribution in [-0.2, 0) is 0 Å². The van der Waals surface area contributed by atoms with Crippen molar-refractivity contribution in [3.05, 3.63) is 20.4 Å². The minimum Gasteiger partial charge on any atom is -0.427 e. The van der Waals surface area contributed by atoms with Crippen molar-refractivity contribution in [3.63, 3.8) is 0 Å². The molecule has 0 amide bonds. The Morgan fingerprint density at radius 1 is 1.30 bits per heavy atom. The van der Waals surface area contributed by atoms with Crippen LogP contribution in [0, 0.1) is 5.92 Å². The lowest BCUT2D eigenvalue weighted by Crippen LogP contribution is -2.50. The molecule has 0 saturated carbocycles. The molecule has 9 heteroatoms. The molecule has 27 heavy (non-hydrogen) atoms. The molecule has 150 valence electrons. The Hall–Kier alpha value is -1.42. The standard InChI is InChI=1S/C18H31BN4O4/c1-18(20)11-23(10-12(18)4-3-7-19(26)27)15-14(16(24)17(15)25)22(2)13-5-8-21-9-6-13/h12-13,21,26-27H,3-11,20H2,1-2H3/t12-,18-/m0/s1. The van der Waals surface area contributed by atoms with Crippen LogP contribution in [0.25, 0.3) is 0 Å². The topological polar surface area (TPSA) is 119 Å². The second-order valence-corrected chi connectivity index (χ2v) is 8.44. The normalized spacial score (nSPS) is 26.7. The Morgan fingerprint density at radius 3 is 2.59 bits per heavy atom. The van der Waals surface area contributed by atoms with Gasteiger partial charge >= 0.3 is 7.12 Å². The van der Waals surface area contributed by atoms with Crippen LogP contribution >= 0.6 is 0 Å². The zero-order valence-electron chi connectivity index (χ0n) is 16.3. The maximum absolute atomic E-state index is 12.4. The maximum atomic E-state index is 12.4. The number of nitrogens with zero attached hydrogens (tertiary/aromatic N) is 2. The van der Waals surface area contributed by atoms with E-state index in [1.165, 1.54) is 0 Å². The SMILES string of the molecule is CN(c1c(N2C[C@H](CCCB(O)O)[C@@](C)(N)C2)c(=O)c1=O)C1CCNCC1. The van der Waals surface area contributed by atoms with Gasteiger partial charge in [-0.05, 0) is 51.5 Å². The molecule has 0 bridgehead atoms. The summed E-state index contributed by atoms with van der Waals surface area (Å²) < 4.78 is 0. The van der Waals surface area contributed by atoms with Gasteiger partial charge in [0.15, 0.2) is 0 Å². The van der Waals surface area contributed by atoms with Gasteiger partial charge in [-0.15, -0.1) is 0 Å². The zero-order chi connectivity index (χ0) is 19.8. The molecule has 1 aromatic rings. The van der Waals surface area contributed by atoms with Gasteiger partial charge < -0.3 is 30.9 Å². The highest BCUT2D eigenvalue weighted by atomic mass is 16.4. The van der Waals surface area contributed by atoms with E-state index < -0.39 is 23.5 Å². The van der Waals surface area contributed by atoms with Crippen molar-refractivity contribution in [2.45, 2.75) is 50.5 Å². The third kappa shape index (κ3) is 4.06. The second kappa shape index (κ2) is 7.91. The molecule has 1 aromatic carbocycles. The molecule has 2 heterocycles. The smallest absolute Gasteiger partial charge is 0.427 e. The van der Waals surface area contributed by atoms with Crippen LogP contribution in [0.4, 0.5) is 11.4 Å². The van der Waals surface area contributed by atoms with Gasteiger partial charge in [0.25, 0.3) is 10.9 Å². The third-order valence-corrected chi connectivity index (χ3v) is 6.31. The van der Waals surface area contributed by atoms with Gasteiger partial charge in [-0.25, -0.2) is 0 Å². The minimum absolute atomic E-state index is 0.137. The first-order valence-electron chi connectivity index (χ1n) is 9.89. The summed E-state index contributed by atoms with van der Waals surface area (Å²) in [4.78, 5) is 28.7. The molecule has 2 aliphatic rings. The predicted octanol–water partition coefficient (Wildman–Crippen LogP) is -1.12. The average molecular weight is 378 g/mol. The fourth-order valence-electron chi connectivity index (χ4n) is 4.58. The maximum Gasteiger partial charge on any atom is 0.451 e. The van der Waals surface area contributed by atoms with Crippen molar-refractivity contribution in [2.75, 3.05) is 43.0 Å². The molecule has 2 atom stereocenters. The largest absolute Gasteiger partial charge is 0.451 e. The molecule has 2 aliphatic heterocycles. The molecule has 3 rings (SSSR count). The summed E-state index contributed by atoms with van der Waals surface area (Å²) >= 11 is 0. The summed E-state index contributed by atoms with van der Waals surface area (Å²) in [6.45, 7) is 4.95. The Morgan fingerprint density at radius 2 is 1.96 bits per heavy atom. The molecular formula is C18H31BN4O4. The molecule has 0 aliphatic carbocycles. The Kier molecular flexibility index (Phi) is 5.95. The first-order chi connectivity index (χ1) is 12.7. The van der Waals surface area contributed by atoms with Crippen molar-refractivity contribution in [2.24, 2.45) is 11.7 Å². The second-order valence-electron chi connectivity index (χ2n) is 8.44. The van der Waals surface area contributed by atoms with E-state index in [4.69, 9.17) is 15.8 Å². The zero-order valence-corrected chi connectivity index (χ0v) is 16.3. The Bertz CT molecular complexity index is 725. The third-order valence-electron chi connectivity index (χ3n) is 6.31. The number of piperidine rings is 1. The molecule has 0 aromatic heterocycles. The number of hydrogen-bond donors (Lipinski definition) is 4. The summed E-state index contributed by atoms with van der Waals surface area (Å²) in [6.07, 6.45) is 3.65. The lowest BCUT2D eigenvalue weighted by Gasteiger charge is -2.36. The van der Waals surface area contributed by atoms with Gasteiger partial charge in [-0.1, -0.05) is 6.42 Å². The van der Waals surface area contributed by atoms with E-state index in [2.05, 4.69) is 5.32 Å². The van der Waals surface area contributed by atoms with Crippen LogP contribution in [0.1, 0.15) is 32.6 Å². The van der Waals surface area contributed by atoms with Gasteiger partial charge in [-0.3, -0.25) is 9.59 Å². The highest BCUT2D eigenvalue weighted by Gasteiger charge is 2.43. The van der Waals surface area contributed by atoms with E-state index in [0.717, 1.165) is 32.4 Å². The van der Waals surface area contributed by atoms with Crippen molar-refractivity contribution >= 4 is 18.5 Å². The highest BCUT2D eigenvalue weighted by Crippen LogP contribution is 2.36. The Balaban J connectivity index is 1.74. The first-order valence-corrected chi connectivity index (χ1v) is 9.89. The fraction of sp³-hybridized carbons (Fsp3) is 0.778. The summed E-state index contributed by atoms with van der Waals surface area (Å²) in [5.74, 6) is 0.137. The van der Waals surface area contributed by atoms with Gasteiger partial charge in [-0.2, -0.15) is 0 Å². The van der Waals surface area contributed by atoms with E-state index in [1.54, 1.807) is 0 Å². The van der Waals surface area contributed by atoms with Crippen LogP contribution in [0.3, 0.4) is 0 Å². The highest BCUT2D eigenvalue weighted by molar-refractivity contribution is 6.40. The monoisotopic (exact) mass is 378 g/mol. The molecule has 0 radical (unpaired) electrons. The Labute approximate surface area is 160 Å². The quantitative estimate of drug-likeness (QED) is 0.348. The minimum atomic E-state index is -1.30. The van der Waals surface area contributed by atoms with Gasteiger partial charge in [0.2, 0.25) is 0 Å². The molecule has 0 spiro atoms. The van der Waals surface area contributed by atoms with E-state index >= 15 is 0 Å². The lowest BCUT2D eigenvalue weighted by molar-refractivity contribution is 0.343. The molecule has 2 saturated heterocycles. The van der Waals surface area contributed by atoms with Crippen LogP contribution < -0.4 is 31.7 Å². The van der Waals surface area contributed by atoms with Crippen LogP contribution in [0.2, 0.25) is 6.32 Å². The van der Waals surface area contributed by atoms with E-state index in [-0.39, 0.29) is 12.0 Å². The number of nitrogens with two attached hydrogens (primary N) is 1. The average Bonchev–Trinajstić information content (AvgIpc) is 2.92. The predicted molar refractivity (Wildman–Crippen MR) is 108 cm³/mol. The number of rotatable bonds is 7. The molecular weight excluding hydrogens is 347 g/mol. The van der Waals surface area contributed by atoms with Gasteiger partial charge in [0.1, 0.15) is 11.4 Å². The van der Waals surface area contributed by atoms with E-state index in [0.29, 0.717) is 37.2 Å². The van der Waals surface area contributed by atoms with Crippen molar-refractivity contribution in [1.29, 1.82) is 0 Å². The lowest BCUT2D eigenvalue weighted by atomic mass is 9.79. The van der Waals surface area contributed by atoms with Gasteiger partial charge in [0.05, 0.1) is 0 Å². The molecule has 0 unspecified atom stereocenters. The molecule has 2 fully saturated rings. The molecule has 8 nitrogen and oxygen atoms in total. The van der Waals surface area contributed by atoms with E-state index in [9.17, 15) is 9.59 Å². The summed E-state index contributed by atoms with van der Waals surface area (Å²) in [6, 6.07) is 0.266. The fourth-order valence-corrected chi connectivity index (χ4v) is 4.58. The summed E-state index contributed by atoms with van der Waals surface area (Å²) in [5, 5.41) is 21.4. The number of nitrogens with one attached hydrogen (secondary N) is 1. The van der Waals surface area contributed by atoms with Crippen LogP contribution in [-0.4, -0.2) is 62.0 Å². The first kappa shape index (κ1) is 20.3. The van der Waals surface area contributed by atoms with Crippen molar-refractivity contribution < 1.29 is 10.0 Å².